The molecule has 0 aliphatic carbocycles. The van der Waals surface area contributed by atoms with E-state index in [1.54, 1.807) is 0 Å². The molecule has 1 aliphatic heterocycles. The third-order valence-electron chi connectivity index (χ3n) is 8.45. The monoisotopic (exact) mass is 591 g/mol. The Kier molecular flexibility index (Phi) is 7.94. The molecule has 3 heterocycles. The van der Waals surface area contributed by atoms with Crippen molar-refractivity contribution in [2.24, 2.45) is 0 Å². The van der Waals surface area contributed by atoms with Gasteiger partial charge in [0.05, 0.1) is 35.2 Å². The van der Waals surface area contributed by atoms with E-state index in [9.17, 15) is 8.78 Å². The van der Waals surface area contributed by atoms with Gasteiger partial charge in [-0.2, -0.15) is 0 Å². The third-order valence-corrected chi connectivity index (χ3v) is 8.45. The van der Waals surface area contributed by atoms with Gasteiger partial charge in [-0.05, 0) is 72.5 Å². The number of aromatic nitrogens is 4. The van der Waals surface area contributed by atoms with Gasteiger partial charge in [0, 0.05) is 32.2 Å². The van der Waals surface area contributed by atoms with Crippen molar-refractivity contribution in [2.75, 3.05) is 36.8 Å². The summed E-state index contributed by atoms with van der Waals surface area (Å²) < 4.78 is 31.3. The van der Waals surface area contributed by atoms with Crippen LogP contribution >= 0.6 is 0 Å². The topological polar surface area (TPSA) is 62.9 Å². The maximum Gasteiger partial charge on any atom is 0.204 e. The van der Waals surface area contributed by atoms with Gasteiger partial charge in [0.25, 0.3) is 0 Å². The molecule has 1 fully saturated rings. The summed E-state index contributed by atoms with van der Waals surface area (Å²) in [6.45, 7) is 4.91. The van der Waals surface area contributed by atoms with E-state index >= 15 is 0 Å². The fourth-order valence-electron chi connectivity index (χ4n) is 6.07. The molecule has 0 radical (unpaired) electrons. The van der Waals surface area contributed by atoms with Crippen molar-refractivity contribution in [3.8, 4) is 0 Å². The Morgan fingerprint density at radius 3 is 1.70 bits per heavy atom. The Labute approximate surface area is 255 Å². The lowest BCUT2D eigenvalue weighted by atomic mass is 10.1. The predicted molar refractivity (Wildman–Crippen MR) is 172 cm³/mol. The first-order valence-electron chi connectivity index (χ1n) is 15.2. The zero-order chi connectivity index (χ0) is 29.9. The fraction of sp³-hybridized carbons (Fsp3) is 0.257. The second kappa shape index (κ2) is 12.5. The molecule has 7 rings (SSSR count). The van der Waals surface area contributed by atoms with Crippen LogP contribution in [0.4, 0.5) is 20.7 Å². The number of hydrogen-bond donors (Lipinski definition) is 2. The van der Waals surface area contributed by atoms with Crippen molar-refractivity contribution in [3.63, 3.8) is 0 Å². The molecule has 2 aromatic heterocycles. The van der Waals surface area contributed by atoms with Crippen LogP contribution in [-0.2, 0) is 13.1 Å². The lowest BCUT2D eigenvalue weighted by Gasteiger charge is -2.32. The number of imidazole rings is 2. The van der Waals surface area contributed by atoms with Gasteiger partial charge in [0.15, 0.2) is 0 Å². The molecule has 0 amide bonds. The number of halogens is 2. The lowest BCUT2D eigenvalue weighted by molar-refractivity contribution is 0.226. The number of nitrogens with one attached hydrogen (secondary N) is 2. The van der Waals surface area contributed by atoms with Crippen LogP contribution < -0.4 is 10.6 Å². The Balaban J connectivity index is 0.968. The minimum absolute atomic E-state index is 0.229. The van der Waals surface area contributed by atoms with Crippen LogP contribution in [0, 0.1) is 11.6 Å². The van der Waals surface area contributed by atoms with Gasteiger partial charge in [0.1, 0.15) is 11.6 Å². The molecule has 0 saturated carbocycles. The maximum atomic E-state index is 13.5. The highest BCUT2D eigenvalue weighted by atomic mass is 19.1. The predicted octanol–water partition coefficient (Wildman–Crippen LogP) is 6.75. The number of likely N-dealkylation sites (tertiary alicyclic amines) is 1. The molecule has 44 heavy (non-hydrogen) atoms. The molecule has 9 heteroatoms. The number of fused-ring (bicyclic) bond motifs is 2. The second-order valence-electron chi connectivity index (χ2n) is 11.5. The zero-order valence-corrected chi connectivity index (χ0v) is 24.5. The minimum atomic E-state index is -0.231. The fourth-order valence-corrected chi connectivity index (χ4v) is 6.07. The normalized spacial score (nSPS) is 14.4. The van der Waals surface area contributed by atoms with Crippen molar-refractivity contribution in [1.82, 2.24) is 24.0 Å². The highest BCUT2D eigenvalue weighted by Gasteiger charge is 2.22. The quantitative estimate of drug-likeness (QED) is 0.185. The molecule has 0 bridgehead atoms. The summed E-state index contributed by atoms with van der Waals surface area (Å²) >= 11 is 0. The van der Waals surface area contributed by atoms with Crippen molar-refractivity contribution in [1.29, 1.82) is 0 Å². The molecule has 2 N–H and O–H groups in total. The molecular weight excluding hydrogens is 556 g/mol. The molecule has 0 unspecified atom stereocenters. The second-order valence-corrected chi connectivity index (χ2v) is 11.5. The number of para-hydroxylation sites is 4. The SMILES string of the molecule is Fc1ccc(Cn2c(NCCN3CCC(Nc4nc5ccccc5n4Cc4ccc(F)cc4)CC3)nc3ccccc32)cc1. The van der Waals surface area contributed by atoms with Crippen LogP contribution in [0.5, 0.6) is 0 Å². The van der Waals surface area contributed by atoms with Gasteiger partial charge < -0.3 is 24.7 Å². The van der Waals surface area contributed by atoms with Crippen LogP contribution in [0.1, 0.15) is 24.0 Å². The third kappa shape index (κ3) is 6.14. The molecule has 224 valence electrons. The van der Waals surface area contributed by atoms with Gasteiger partial charge in [-0.25, -0.2) is 18.7 Å². The van der Waals surface area contributed by atoms with Crippen LogP contribution in [0.15, 0.2) is 97.1 Å². The summed E-state index contributed by atoms with van der Waals surface area (Å²) in [6.07, 6.45) is 2.03. The summed E-state index contributed by atoms with van der Waals surface area (Å²) in [5, 5.41) is 7.29. The van der Waals surface area contributed by atoms with E-state index in [0.717, 1.165) is 84.1 Å². The van der Waals surface area contributed by atoms with Crippen LogP contribution in [-0.4, -0.2) is 56.2 Å². The van der Waals surface area contributed by atoms with Crippen molar-refractivity contribution >= 4 is 34.0 Å². The van der Waals surface area contributed by atoms with Gasteiger partial charge in [0.2, 0.25) is 11.9 Å². The molecular formula is C35H35F2N7. The minimum Gasteiger partial charge on any atom is -0.354 e. The molecule has 6 aromatic rings. The molecule has 4 aromatic carbocycles. The summed E-state index contributed by atoms with van der Waals surface area (Å²) in [4.78, 5) is 12.2. The first-order chi connectivity index (χ1) is 21.6. The van der Waals surface area contributed by atoms with Gasteiger partial charge in [-0.3, -0.25) is 0 Å². The Bertz CT molecular complexity index is 1850. The summed E-state index contributed by atoms with van der Waals surface area (Å²) in [7, 11) is 0. The van der Waals surface area contributed by atoms with Crippen LogP contribution in [0.3, 0.4) is 0 Å². The highest BCUT2D eigenvalue weighted by molar-refractivity contribution is 5.79. The smallest absolute Gasteiger partial charge is 0.204 e. The van der Waals surface area contributed by atoms with E-state index in [2.05, 4.69) is 36.8 Å². The number of rotatable bonds is 10. The number of hydrogen-bond acceptors (Lipinski definition) is 5. The van der Waals surface area contributed by atoms with E-state index in [4.69, 9.17) is 9.97 Å². The van der Waals surface area contributed by atoms with E-state index in [1.807, 2.05) is 60.7 Å². The maximum absolute atomic E-state index is 13.5. The van der Waals surface area contributed by atoms with Crippen LogP contribution in [0.25, 0.3) is 22.1 Å². The molecule has 0 atom stereocenters. The van der Waals surface area contributed by atoms with E-state index in [-0.39, 0.29) is 11.6 Å². The summed E-state index contributed by atoms with van der Waals surface area (Å²) in [5.74, 6) is 1.22. The number of nitrogens with zero attached hydrogens (tertiary/aromatic N) is 5. The highest BCUT2D eigenvalue weighted by Crippen LogP contribution is 2.25. The Hall–Kier alpha value is -4.76. The molecule has 0 spiro atoms. The molecule has 1 saturated heterocycles. The van der Waals surface area contributed by atoms with E-state index < -0.39 is 0 Å². The average molecular weight is 592 g/mol. The van der Waals surface area contributed by atoms with E-state index in [1.165, 1.54) is 24.3 Å². The van der Waals surface area contributed by atoms with Crippen molar-refractivity contribution in [2.45, 2.75) is 32.0 Å². The Morgan fingerprint density at radius 1 is 0.636 bits per heavy atom. The largest absolute Gasteiger partial charge is 0.354 e. The number of anilines is 2. The summed E-state index contributed by atoms with van der Waals surface area (Å²) in [5.41, 5.74) is 6.06. The van der Waals surface area contributed by atoms with Crippen molar-refractivity contribution < 1.29 is 8.78 Å². The van der Waals surface area contributed by atoms with Crippen molar-refractivity contribution in [3.05, 3.63) is 120 Å². The lowest BCUT2D eigenvalue weighted by Crippen LogP contribution is -2.41. The van der Waals surface area contributed by atoms with Gasteiger partial charge >= 0.3 is 0 Å². The standard InChI is InChI=1S/C35H35F2N7/c36-27-13-9-25(10-14-27)23-43-32-7-3-1-5-30(32)40-34(43)38-19-22-42-20-17-29(18-21-42)39-35-41-31-6-2-4-8-33(31)44(35)24-26-11-15-28(37)16-12-26/h1-16,29H,17-24H2,(H,38,40)(H,39,41). The average Bonchev–Trinajstić information content (AvgIpc) is 3.57. The summed E-state index contributed by atoms with van der Waals surface area (Å²) in [6, 6.07) is 29.9. The molecule has 7 nitrogen and oxygen atoms in total. The van der Waals surface area contributed by atoms with Gasteiger partial charge in [-0.1, -0.05) is 48.5 Å². The molecule has 1 aliphatic rings. The first kappa shape index (κ1) is 28.0. The first-order valence-corrected chi connectivity index (χ1v) is 15.2. The Morgan fingerprint density at radius 2 is 1.14 bits per heavy atom. The van der Waals surface area contributed by atoms with Crippen LogP contribution in [0.2, 0.25) is 0 Å². The number of benzene rings is 4. The number of piperidine rings is 1. The van der Waals surface area contributed by atoms with E-state index in [0.29, 0.717) is 19.1 Å². The van der Waals surface area contributed by atoms with Gasteiger partial charge in [-0.15, -0.1) is 0 Å². The zero-order valence-electron chi connectivity index (χ0n) is 24.5.